The lowest BCUT2D eigenvalue weighted by Gasteiger charge is -2.03. The Morgan fingerprint density at radius 2 is 2.29 bits per heavy atom. The van der Waals surface area contributed by atoms with E-state index in [-0.39, 0.29) is 24.5 Å². The third-order valence-corrected chi connectivity index (χ3v) is 2.07. The SMILES string of the molecule is CCOC(=O)CCNCc1occc1C(=O)O. The summed E-state index contributed by atoms with van der Waals surface area (Å²) in [6.45, 7) is 2.79. The average molecular weight is 241 g/mol. The van der Waals surface area contributed by atoms with Gasteiger partial charge in [0.25, 0.3) is 0 Å². The van der Waals surface area contributed by atoms with Crippen LogP contribution in [0.15, 0.2) is 16.7 Å². The van der Waals surface area contributed by atoms with Crippen LogP contribution in [0, 0.1) is 0 Å². The molecule has 0 saturated heterocycles. The van der Waals surface area contributed by atoms with E-state index in [4.69, 9.17) is 14.3 Å². The number of esters is 1. The van der Waals surface area contributed by atoms with Crippen LogP contribution in [0.3, 0.4) is 0 Å². The summed E-state index contributed by atoms with van der Waals surface area (Å²) in [5.41, 5.74) is 0.133. The van der Waals surface area contributed by atoms with E-state index in [9.17, 15) is 9.59 Å². The minimum absolute atomic E-state index is 0.133. The van der Waals surface area contributed by atoms with Crippen LogP contribution in [-0.2, 0) is 16.1 Å². The van der Waals surface area contributed by atoms with Gasteiger partial charge < -0.3 is 19.6 Å². The van der Waals surface area contributed by atoms with Crippen LogP contribution < -0.4 is 5.32 Å². The summed E-state index contributed by atoms with van der Waals surface area (Å²) in [6.07, 6.45) is 1.57. The lowest BCUT2D eigenvalue weighted by molar-refractivity contribution is -0.142. The smallest absolute Gasteiger partial charge is 0.339 e. The fourth-order valence-corrected chi connectivity index (χ4v) is 1.29. The number of ether oxygens (including phenoxy) is 1. The Kier molecular flexibility index (Phi) is 5.22. The van der Waals surface area contributed by atoms with Crippen LogP contribution in [0.2, 0.25) is 0 Å². The van der Waals surface area contributed by atoms with Gasteiger partial charge >= 0.3 is 11.9 Å². The van der Waals surface area contributed by atoms with E-state index in [0.29, 0.717) is 18.9 Å². The Morgan fingerprint density at radius 1 is 1.53 bits per heavy atom. The maximum absolute atomic E-state index is 11.0. The van der Waals surface area contributed by atoms with E-state index < -0.39 is 5.97 Å². The molecular formula is C11H15NO5. The lowest BCUT2D eigenvalue weighted by Crippen LogP contribution is -2.19. The number of carboxylic acid groups (broad SMARTS) is 1. The monoisotopic (exact) mass is 241 g/mol. The highest BCUT2D eigenvalue weighted by molar-refractivity contribution is 5.88. The second-order valence-electron chi connectivity index (χ2n) is 3.29. The first kappa shape index (κ1) is 13.2. The van der Waals surface area contributed by atoms with Crippen LogP contribution >= 0.6 is 0 Å². The van der Waals surface area contributed by atoms with E-state index >= 15 is 0 Å². The van der Waals surface area contributed by atoms with Crippen molar-refractivity contribution >= 4 is 11.9 Å². The number of hydrogen-bond donors (Lipinski definition) is 2. The summed E-state index contributed by atoms with van der Waals surface area (Å²) in [7, 11) is 0. The van der Waals surface area contributed by atoms with Crippen molar-refractivity contribution in [1.82, 2.24) is 5.32 Å². The van der Waals surface area contributed by atoms with E-state index in [0.717, 1.165) is 0 Å². The van der Waals surface area contributed by atoms with Crippen molar-refractivity contribution in [3.8, 4) is 0 Å². The fraction of sp³-hybridized carbons (Fsp3) is 0.455. The zero-order valence-corrected chi connectivity index (χ0v) is 9.56. The molecule has 0 radical (unpaired) electrons. The van der Waals surface area contributed by atoms with E-state index in [2.05, 4.69) is 5.32 Å². The van der Waals surface area contributed by atoms with Crippen LogP contribution in [-0.4, -0.2) is 30.2 Å². The zero-order valence-electron chi connectivity index (χ0n) is 9.56. The van der Waals surface area contributed by atoms with E-state index in [1.54, 1.807) is 6.92 Å². The molecule has 1 heterocycles. The molecule has 0 saturated carbocycles. The van der Waals surface area contributed by atoms with Crippen LogP contribution in [0.4, 0.5) is 0 Å². The molecule has 17 heavy (non-hydrogen) atoms. The van der Waals surface area contributed by atoms with E-state index in [1.807, 2.05) is 0 Å². The molecule has 1 aromatic heterocycles. The van der Waals surface area contributed by atoms with Crippen LogP contribution in [0.1, 0.15) is 29.5 Å². The summed E-state index contributed by atoms with van der Waals surface area (Å²) in [4.78, 5) is 21.7. The lowest BCUT2D eigenvalue weighted by atomic mass is 10.2. The second-order valence-corrected chi connectivity index (χ2v) is 3.29. The Morgan fingerprint density at radius 3 is 2.94 bits per heavy atom. The Labute approximate surface area is 98.6 Å². The molecule has 0 aliphatic heterocycles. The fourth-order valence-electron chi connectivity index (χ4n) is 1.29. The van der Waals surface area contributed by atoms with Gasteiger partial charge in [-0.05, 0) is 13.0 Å². The highest BCUT2D eigenvalue weighted by Gasteiger charge is 2.12. The molecule has 0 unspecified atom stereocenters. The molecule has 0 spiro atoms. The van der Waals surface area contributed by atoms with Crippen LogP contribution in [0.25, 0.3) is 0 Å². The van der Waals surface area contributed by atoms with Gasteiger partial charge in [-0.1, -0.05) is 0 Å². The molecule has 0 aliphatic rings. The van der Waals surface area contributed by atoms with Crippen molar-refractivity contribution in [3.05, 3.63) is 23.7 Å². The maximum atomic E-state index is 11.0. The van der Waals surface area contributed by atoms with Crippen molar-refractivity contribution in [2.45, 2.75) is 19.9 Å². The molecular weight excluding hydrogens is 226 g/mol. The summed E-state index contributed by atoms with van der Waals surface area (Å²) in [5.74, 6) is -0.958. The number of hydrogen-bond acceptors (Lipinski definition) is 5. The van der Waals surface area contributed by atoms with Crippen molar-refractivity contribution < 1.29 is 23.8 Å². The summed E-state index contributed by atoms with van der Waals surface area (Å²) in [6, 6.07) is 1.39. The van der Waals surface area contributed by atoms with Gasteiger partial charge in [-0.3, -0.25) is 4.79 Å². The second kappa shape index (κ2) is 6.70. The quantitative estimate of drug-likeness (QED) is 0.547. The minimum Gasteiger partial charge on any atom is -0.478 e. The summed E-state index contributed by atoms with van der Waals surface area (Å²) < 4.78 is 9.77. The van der Waals surface area contributed by atoms with Crippen molar-refractivity contribution in [2.75, 3.05) is 13.2 Å². The molecule has 6 nitrogen and oxygen atoms in total. The molecule has 94 valence electrons. The van der Waals surface area contributed by atoms with Gasteiger partial charge in [0.1, 0.15) is 11.3 Å². The Balaban J connectivity index is 2.29. The number of rotatable bonds is 7. The largest absolute Gasteiger partial charge is 0.478 e. The first-order valence-electron chi connectivity index (χ1n) is 5.31. The third-order valence-electron chi connectivity index (χ3n) is 2.07. The van der Waals surface area contributed by atoms with Gasteiger partial charge in [-0.2, -0.15) is 0 Å². The van der Waals surface area contributed by atoms with Gasteiger partial charge in [0.05, 0.1) is 25.8 Å². The molecule has 0 amide bonds. The van der Waals surface area contributed by atoms with Crippen molar-refractivity contribution in [2.24, 2.45) is 0 Å². The Hall–Kier alpha value is -1.82. The zero-order chi connectivity index (χ0) is 12.7. The Bertz CT molecular complexity index is 385. The first-order chi connectivity index (χ1) is 8.15. The number of furan rings is 1. The molecule has 0 fully saturated rings. The van der Waals surface area contributed by atoms with Crippen molar-refractivity contribution in [1.29, 1.82) is 0 Å². The summed E-state index contributed by atoms with van der Waals surface area (Å²) >= 11 is 0. The highest BCUT2D eigenvalue weighted by Crippen LogP contribution is 2.09. The number of aromatic carboxylic acids is 1. The molecule has 0 bridgehead atoms. The van der Waals surface area contributed by atoms with Crippen LogP contribution in [0.5, 0.6) is 0 Å². The standard InChI is InChI=1S/C11H15NO5/c1-2-16-10(13)3-5-12-7-9-8(11(14)15)4-6-17-9/h4,6,12H,2-3,5,7H2,1H3,(H,14,15). The number of carbonyl (C=O) groups excluding carboxylic acids is 1. The molecule has 0 aliphatic carbocycles. The summed E-state index contributed by atoms with van der Waals surface area (Å²) in [5, 5.41) is 11.7. The third kappa shape index (κ3) is 4.28. The average Bonchev–Trinajstić information content (AvgIpc) is 2.73. The first-order valence-corrected chi connectivity index (χ1v) is 5.31. The molecule has 6 heteroatoms. The molecule has 0 aromatic carbocycles. The molecule has 0 atom stereocenters. The van der Waals surface area contributed by atoms with Gasteiger partial charge in [-0.25, -0.2) is 4.79 Å². The highest BCUT2D eigenvalue weighted by atomic mass is 16.5. The van der Waals surface area contributed by atoms with Gasteiger partial charge in [0.15, 0.2) is 0 Å². The predicted molar refractivity (Wildman–Crippen MR) is 58.6 cm³/mol. The van der Waals surface area contributed by atoms with E-state index in [1.165, 1.54) is 12.3 Å². The number of carboxylic acids is 1. The predicted octanol–water partition coefficient (Wildman–Crippen LogP) is 1.02. The minimum atomic E-state index is -1.03. The molecule has 2 N–H and O–H groups in total. The molecule has 1 aromatic rings. The van der Waals surface area contributed by atoms with Gasteiger partial charge in [-0.15, -0.1) is 0 Å². The number of carbonyl (C=O) groups is 2. The maximum Gasteiger partial charge on any atom is 0.339 e. The normalized spacial score (nSPS) is 10.2. The number of nitrogens with one attached hydrogen (secondary N) is 1. The van der Waals surface area contributed by atoms with Gasteiger partial charge in [0, 0.05) is 6.54 Å². The molecule has 1 rings (SSSR count). The van der Waals surface area contributed by atoms with Gasteiger partial charge in [0.2, 0.25) is 0 Å². The van der Waals surface area contributed by atoms with Crippen molar-refractivity contribution in [3.63, 3.8) is 0 Å². The topological polar surface area (TPSA) is 88.8 Å².